The molecule has 3 amide bonds. The van der Waals surface area contributed by atoms with Crippen molar-refractivity contribution in [3.05, 3.63) is 88.7 Å². The summed E-state index contributed by atoms with van der Waals surface area (Å²) in [5.74, 6) is -0.00313. The third-order valence-corrected chi connectivity index (χ3v) is 8.59. The summed E-state index contributed by atoms with van der Waals surface area (Å²) in [4.78, 5) is 31.4. The van der Waals surface area contributed by atoms with Crippen molar-refractivity contribution in [1.82, 2.24) is 14.4 Å². The second-order valence-electron chi connectivity index (χ2n) is 10.9. The molecule has 214 valence electrons. The molecule has 0 spiro atoms. The van der Waals surface area contributed by atoms with Crippen molar-refractivity contribution in [3.8, 4) is 0 Å². The van der Waals surface area contributed by atoms with Gasteiger partial charge in [-0.05, 0) is 68.0 Å². The van der Waals surface area contributed by atoms with Crippen molar-refractivity contribution in [2.75, 3.05) is 11.9 Å². The van der Waals surface area contributed by atoms with Crippen molar-refractivity contribution in [1.29, 1.82) is 0 Å². The zero-order valence-electron chi connectivity index (χ0n) is 24.1. The van der Waals surface area contributed by atoms with Gasteiger partial charge in [-0.1, -0.05) is 81.1 Å². The Hall–Kier alpha value is -3.25. The summed E-state index contributed by atoms with van der Waals surface area (Å²) in [7, 11) is 0. The van der Waals surface area contributed by atoms with E-state index < -0.39 is 0 Å². The molecular formula is C33H43ClN4O2. The van der Waals surface area contributed by atoms with Gasteiger partial charge in [-0.25, -0.2) is 4.79 Å². The first-order chi connectivity index (χ1) is 19.4. The van der Waals surface area contributed by atoms with Gasteiger partial charge >= 0.3 is 6.03 Å². The van der Waals surface area contributed by atoms with Crippen LogP contribution in [0.3, 0.4) is 0 Å². The van der Waals surface area contributed by atoms with Crippen LogP contribution in [-0.2, 0) is 24.3 Å². The standard InChI is InChI=1S/C33H43ClN4O2/c1-4-25(3)37(33(40)35-31-20-12-10-14-26(31)5-2)24-32(39)38(28-16-7-6-8-17-28)23-29-18-13-21-36(29)22-27-15-9-11-19-30(27)34/h9-15,18-21,25,28H,4-8,16-17,22-24H2,1-3H3,(H,35,40). The smallest absolute Gasteiger partial charge is 0.322 e. The molecule has 1 N–H and O–H groups in total. The predicted molar refractivity (Wildman–Crippen MR) is 164 cm³/mol. The monoisotopic (exact) mass is 562 g/mol. The average Bonchev–Trinajstić information content (AvgIpc) is 3.42. The lowest BCUT2D eigenvalue weighted by molar-refractivity contribution is -0.136. The molecule has 1 heterocycles. The average molecular weight is 563 g/mol. The number of aromatic nitrogens is 1. The van der Waals surface area contributed by atoms with Gasteiger partial charge in [0.25, 0.3) is 0 Å². The van der Waals surface area contributed by atoms with Crippen LogP contribution < -0.4 is 5.32 Å². The quantitative estimate of drug-likeness (QED) is 0.260. The van der Waals surface area contributed by atoms with Crippen molar-refractivity contribution in [2.45, 2.75) is 90.9 Å². The van der Waals surface area contributed by atoms with Crippen molar-refractivity contribution in [2.24, 2.45) is 0 Å². The van der Waals surface area contributed by atoms with E-state index in [1.165, 1.54) is 6.42 Å². The molecule has 1 unspecified atom stereocenters. The van der Waals surface area contributed by atoms with Crippen molar-refractivity contribution in [3.63, 3.8) is 0 Å². The number of hydrogen-bond donors (Lipinski definition) is 1. The van der Waals surface area contributed by atoms with Crippen LogP contribution in [0.25, 0.3) is 0 Å². The highest BCUT2D eigenvalue weighted by molar-refractivity contribution is 6.31. The van der Waals surface area contributed by atoms with Crippen LogP contribution in [0.4, 0.5) is 10.5 Å². The fraction of sp³-hybridized carbons (Fsp3) is 0.455. The van der Waals surface area contributed by atoms with Crippen LogP contribution >= 0.6 is 11.6 Å². The molecule has 1 fully saturated rings. The van der Waals surface area contributed by atoms with E-state index in [2.05, 4.69) is 29.8 Å². The highest BCUT2D eigenvalue weighted by Crippen LogP contribution is 2.26. The van der Waals surface area contributed by atoms with Gasteiger partial charge in [0, 0.05) is 41.2 Å². The number of hydrogen-bond acceptors (Lipinski definition) is 2. The Balaban J connectivity index is 1.55. The lowest BCUT2D eigenvalue weighted by atomic mass is 9.94. The normalized spacial score (nSPS) is 14.5. The SMILES string of the molecule is CCc1ccccc1NC(=O)N(CC(=O)N(Cc1cccn1Cc1ccccc1Cl)C1CCCCC1)C(C)CC. The lowest BCUT2D eigenvalue weighted by Gasteiger charge is -2.37. The number of amides is 3. The molecule has 1 saturated carbocycles. The molecule has 3 aromatic rings. The largest absolute Gasteiger partial charge is 0.345 e. The Morgan fingerprint density at radius 1 is 0.975 bits per heavy atom. The van der Waals surface area contributed by atoms with Crippen LogP contribution in [0, 0.1) is 0 Å². The van der Waals surface area contributed by atoms with Gasteiger partial charge in [-0.15, -0.1) is 0 Å². The Morgan fingerprint density at radius 2 is 1.68 bits per heavy atom. The Labute approximate surface area is 244 Å². The summed E-state index contributed by atoms with van der Waals surface area (Å²) in [5, 5.41) is 3.83. The molecule has 4 rings (SSSR count). The molecule has 0 aliphatic heterocycles. The lowest BCUT2D eigenvalue weighted by Crippen LogP contribution is -2.50. The van der Waals surface area contributed by atoms with E-state index in [1.807, 2.05) is 72.6 Å². The third-order valence-electron chi connectivity index (χ3n) is 8.22. The number of rotatable bonds is 11. The number of benzene rings is 2. The zero-order valence-corrected chi connectivity index (χ0v) is 24.9. The van der Waals surface area contributed by atoms with E-state index in [9.17, 15) is 9.59 Å². The minimum atomic E-state index is -0.228. The topological polar surface area (TPSA) is 57.6 Å². The maximum atomic E-state index is 14.1. The number of nitrogens with one attached hydrogen (secondary N) is 1. The number of aryl methyl sites for hydroxylation is 1. The molecule has 1 aliphatic rings. The van der Waals surface area contributed by atoms with Gasteiger partial charge in [0.15, 0.2) is 0 Å². The van der Waals surface area contributed by atoms with E-state index in [0.717, 1.165) is 66.1 Å². The van der Waals surface area contributed by atoms with E-state index in [4.69, 9.17) is 11.6 Å². The molecule has 0 radical (unpaired) electrons. The van der Waals surface area contributed by atoms with Gasteiger partial charge < -0.3 is 19.7 Å². The summed E-state index contributed by atoms with van der Waals surface area (Å²) in [6, 6.07) is 19.7. The van der Waals surface area contributed by atoms with Gasteiger partial charge in [0.05, 0.1) is 6.54 Å². The number of urea groups is 1. The Kier molecular flexibility index (Phi) is 10.7. The van der Waals surface area contributed by atoms with Crippen LogP contribution in [-0.4, -0.2) is 44.9 Å². The summed E-state index contributed by atoms with van der Waals surface area (Å²) < 4.78 is 2.17. The summed E-state index contributed by atoms with van der Waals surface area (Å²) >= 11 is 6.46. The highest BCUT2D eigenvalue weighted by Gasteiger charge is 2.30. The van der Waals surface area contributed by atoms with Crippen LogP contribution in [0.15, 0.2) is 66.9 Å². The highest BCUT2D eigenvalue weighted by atomic mass is 35.5. The second kappa shape index (κ2) is 14.4. The fourth-order valence-corrected chi connectivity index (χ4v) is 5.76. The molecular weight excluding hydrogens is 520 g/mol. The van der Waals surface area contributed by atoms with Crippen molar-refractivity contribution < 1.29 is 9.59 Å². The van der Waals surface area contributed by atoms with Crippen LogP contribution in [0.5, 0.6) is 0 Å². The van der Waals surface area contributed by atoms with Gasteiger partial charge in [0.1, 0.15) is 6.54 Å². The number of anilines is 1. The molecule has 7 heteroatoms. The maximum absolute atomic E-state index is 14.1. The molecule has 2 aromatic carbocycles. The Bertz CT molecular complexity index is 1270. The number of halogens is 1. The molecule has 1 aromatic heterocycles. The molecule has 1 aliphatic carbocycles. The van der Waals surface area contributed by atoms with E-state index in [0.29, 0.717) is 13.1 Å². The fourth-order valence-electron chi connectivity index (χ4n) is 5.57. The zero-order chi connectivity index (χ0) is 28.5. The summed E-state index contributed by atoms with van der Waals surface area (Å²) in [5.41, 5.74) is 3.99. The van der Waals surface area contributed by atoms with E-state index in [-0.39, 0.29) is 30.6 Å². The van der Waals surface area contributed by atoms with Gasteiger partial charge in [-0.2, -0.15) is 0 Å². The van der Waals surface area contributed by atoms with Gasteiger partial charge in [0.2, 0.25) is 5.91 Å². The first-order valence-corrected chi connectivity index (χ1v) is 15.1. The van der Waals surface area contributed by atoms with Crippen LogP contribution in [0.1, 0.15) is 76.1 Å². The molecule has 0 bridgehead atoms. The van der Waals surface area contributed by atoms with E-state index in [1.54, 1.807) is 4.90 Å². The number of carbonyl (C=O) groups excluding carboxylic acids is 2. The molecule has 6 nitrogen and oxygen atoms in total. The second-order valence-corrected chi connectivity index (χ2v) is 11.3. The minimum Gasteiger partial charge on any atom is -0.345 e. The first-order valence-electron chi connectivity index (χ1n) is 14.7. The molecule has 40 heavy (non-hydrogen) atoms. The Morgan fingerprint density at radius 3 is 2.38 bits per heavy atom. The molecule has 0 saturated heterocycles. The third kappa shape index (κ3) is 7.48. The number of carbonyl (C=O) groups is 2. The summed E-state index contributed by atoms with van der Waals surface area (Å²) in [6.07, 6.45) is 9.08. The summed E-state index contributed by atoms with van der Waals surface area (Å²) in [6.45, 7) is 7.35. The first kappa shape index (κ1) is 29.7. The number of nitrogens with zero attached hydrogens (tertiary/aromatic N) is 3. The predicted octanol–water partition coefficient (Wildman–Crippen LogP) is 7.75. The molecule has 1 atom stereocenters. The number of para-hydroxylation sites is 1. The minimum absolute atomic E-state index is 0.00313. The van der Waals surface area contributed by atoms with Crippen LogP contribution in [0.2, 0.25) is 5.02 Å². The van der Waals surface area contributed by atoms with Crippen molar-refractivity contribution >= 4 is 29.2 Å². The van der Waals surface area contributed by atoms with Gasteiger partial charge in [-0.3, -0.25) is 4.79 Å². The van der Waals surface area contributed by atoms with E-state index >= 15 is 0 Å². The maximum Gasteiger partial charge on any atom is 0.322 e.